The molecule has 2 aromatic heterocycles. The van der Waals surface area contributed by atoms with Gasteiger partial charge in [0.05, 0.1) is 6.20 Å². The van der Waals surface area contributed by atoms with Crippen molar-refractivity contribution < 1.29 is 4.79 Å². The maximum absolute atomic E-state index is 11.0. The van der Waals surface area contributed by atoms with E-state index in [1.54, 1.807) is 25.5 Å². The van der Waals surface area contributed by atoms with Crippen LogP contribution in [0, 0.1) is 0 Å². The Bertz CT molecular complexity index is 486. The van der Waals surface area contributed by atoms with Crippen LogP contribution in [-0.2, 0) is 7.05 Å². The number of carbonyl (C=O) groups excluding carboxylic acids is 1. The zero-order valence-electron chi connectivity index (χ0n) is 8.51. The molecule has 0 amide bonds. The number of nitrogens with zero attached hydrogens (tertiary/aromatic N) is 4. The molecule has 0 saturated heterocycles. The first-order chi connectivity index (χ1) is 7.16. The molecule has 0 bridgehead atoms. The van der Waals surface area contributed by atoms with Crippen LogP contribution in [0.1, 0.15) is 17.4 Å². The van der Waals surface area contributed by atoms with E-state index < -0.39 is 0 Å². The topological polar surface area (TPSA) is 60.7 Å². The largest absolute Gasteiger partial charge is 0.293 e. The number of pyridine rings is 1. The fourth-order valence-corrected chi connectivity index (χ4v) is 1.23. The Morgan fingerprint density at radius 2 is 2.13 bits per heavy atom. The van der Waals surface area contributed by atoms with Gasteiger partial charge in [-0.2, -0.15) is 15.0 Å². The van der Waals surface area contributed by atoms with E-state index in [0.717, 1.165) is 11.3 Å². The molecule has 0 atom stereocenters. The van der Waals surface area contributed by atoms with Gasteiger partial charge in [-0.15, -0.1) is 0 Å². The number of ketones is 1. The molecule has 0 unspecified atom stereocenters. The number of Topliss-reactive ketones (excluding diaryl/α,β-unsaturated/α-hetero) is 1. The standard InChI is InChI=1S/C10H10N4O/c1-7(15)9-4-3-8(5-11-9)10-6-12-14(2)13-10/h3-6H,1-2H3. The molecule has 0 aromatic carbocycles. The number of carbonyl (C=O) groups is 1. The molecule has 76 valence electrons. The van der Waals surface area contributed by atoms with Crippen molar-refractivity contribution in [2.45, 2.75) is 6.92 Å². The number of hydrogen-bond acceptors (Lipinski definition) is 4. The minimum Gasteiger partial charge on any atom is -0.293 e. The zero-order chi connectivity index (χ0) is 10.8. The summed E-state index contributed by atoms with van der Waals surface area (Å²) in [7, 11) is 1.75. The van der Waals surface area contributed by atoms with E-state index in [1.165, 1.54) is 11.7 Å². The first kappa shape index (κ1) is 9.51. The second-order valence-electron chi connectivity index (χ2n) is 3.21. The Morgan fingerprint density at radius 1 is 1.33 bits per heavy atom. The van der Waals surface area contributed by atoms with E-state index in [9.17, 15) is 4.79 Å². The molecule has 15 heavy (non-hydrogen) atoms. The summed E-state index contributed by atoms with van der Waals surface area (Å²) in [6, 6.07) is 3.50. The lowest BCUT2D eigenvalue weighted by Crippen LogP contribution is -1.96. The summed E-state index contributed by atoms with van der Waals surface area (Å²) in [5.41, 5.74) is 2.07. The molecule has 2 rings (SSSR count). The Hall–Kier alpha value is -2.04. The lowest BCUT2D eigenvalue weighted by Gasteiger charge is -1.96. The molecule has 0 aliphatic rings. The smallest absolute Gasteiger partial charge is 0.178 e. The minimum absolute atomic E-state index is 0.0410. The highest BCUT2D eigenvalue weighted by Crippen LogP contribution is 2.14. The lowest BCUT2D eigenvalue weighted by atomic mass is 10.2. The zero-order valence-corrected chi connectivity index (χ0v) is 8.51. The SMILES string of the molecule is CC(=O)c1ccc(-c2cnn(C)n2)cn1. The monoisotopic (exact) mass is 202 g/mol. The Labute approximate surface area is 86.8 Å². The third-order valence-corrected chi connectivity index (χ3v) is 2.02. The Balaban J connectivity index is 2.35. The predicted octanol–water partition coefficient (Wildman–Crippen LogP) is 1.08. The molecule has 5 heteroatoms. The molecular formula is C10H10N4O. The fraction of sp³-hybridized carbons (Fsp3) is 0.200. The molecule has 0 aliphatic heterocycles. The average molecular weight is 202 g/mol. The van der Waals surface area contributed by atoms with Gasteiger partial charge >= 0.3 is 0 Å². The van der Waals surface area contributed by atoms with Crippen molar-refractivity contribution in [2.24, 2.45) is 7.05 Å². The number of aryl methyl sites for hydroxylation is 1. The van der Waals surface area contributed by atoms with Gasteiger partial charge in [0.1, 0.15) is 11.4 Å². The van der Waals surface area contributed by atoms with Crippen LogP contribution in [0.3, 0.4) is 0 Å². The van der Waals surface area contributed by atoms with Crippen LogP contribution in [-0.4, -0.2) is 25.8 Å². The van der Waals surface area contributed by atoms with Crippen molar-refractivity contribution in [3.63, 3.8) is 0 Å². The molecular weight excluding hydrogens is 192 g/mol. The maximum Gasteiger partial charge on any atom is 0.178 e. The van der Waals surface area contributed by atoms with Gasteiger partial charge in [-0.05, 0) is 12.1 Å². The Kier molecular flexibility index (Phi) is 2.29. The number of hydrogen-bond donors (Lipinski definition) is 0. The molecule has 0 aliphatic carbocycles. The lowest BCUT2D eigenvalue weighted by molar-refractivity contribution is 0.101. The van der Waals surface area contributed by atoms with E-state index in [4.69, 9.17) is 0 Å². The van der Waals surface area contributed by atoms with Gasteiger partial charge in [0.2, 0.25) is 0 Å². The van der Waals surface area contributed by atoms with Crippen molar-refractivity contribution in [2.75, 3.05) is 0 Å². The van der Waals surface area contributed by atoms with E-state index in [2.05, 4.69) is 15.2 Å². The molecule has 2 heterocycles. The van der Waals surface area contributed by atoms with Crippen molar-refractivity contribution in [1.82, 2.24) is 20.0 Å². The van der Waals surface area contributed by atoms with Crippen molar-refractivity contribution in [3.8, 4) is 11.3 Å². The normalized spacial score (nSPS) is 10.3. The number of rotatable bonds is 2. The van der Waals surface area contributed by atoms with Crippen LogP contribution in [0.2, 0.25) is 0 Å². The van der Waals surface area contributed by atoms with Crippen LogP contribution >= 0.6 is 0 Å². The second kappa shape index (κ2) is 3.61. The van der Waals surface area contributed by atoms with Gasteiger partial charge in [0.25, 0.3) is 0 Å². The van der Waals surface area contributed by atoms with Crippen LogP contribution in [0.25, 0.3) is 11.3 Å². The highest BCUT2D eigenvalue weighted by molar-refractivity contribution is 5.92. The van der Waals surface area contributed by atoms with Crippen molar-refractivity contribution in [1.29, 1.82) is 0 Å². The van der Waals surface area contributed by atoms with Crippen LogP contribution in [0.4, 0.5) is 0 Å². The van der Waals surface area contributed by atoms with E-state index in [0.29, 0.717) is 5.69 Å². The minimum atomic E-state index is -0.0410. The van der Waals surface area contributed by atoms with Crippen molar-refractivity contribution >= 4 is 5.78 Å². The predicted molar refractivity (Wildman–Crippen MR) is 54.2 cm³/mol. The first-order valence-corrected chi connectivity index (χ1v) is 4.50. The maximum atomic E-state index is 11.0. The molecule has 0 saturated carbocycles. The summed E-state index contributed by atoms with van der Waals surface area (Å²) in [6.45, 7) is 1.49. The summed E-state index contributed by atoms with van der Waals surface area (Å²) in [6.07, 6.45) is 3.28. The summed E-state index contributed by atoms with van der Waals surface area (Å²) in [5, 5.41) is 8.10. The van der Waals surface area contributed by atoms with Crippen LogP contribution in [0.15, 0.2) is 24.5 Å². The van der Waals surface area contributed by atoms with Crippen molar-refractivity contribution in [3.05, 3.63) is 30.2 Å². The Morgan fingerprint density at radius 3 is 2.60 bits per heavy atom. The fourth-order valence-electron chi connectivity index (χ4n) is 1.23. The molecule has 0 radical (unpaired) electrons. The van der Waals surface area contributed by atoms with E-state index >= 15 is 0 Å². The van der Waals surface area contributed by atoms with Gasteiger partial charge in [-0.25, -0.2) is 0 Å². The average Bonchev–Trinajstić information content (AvgIpc) is 2.65. The molecule has 0 spiro atoms. The van der Waals surface area contributed by atoms with Crippen LogP contribution in [0.5, 0.6) is 0 Å². The second-order valence-corrected chi connectivity index (χ2v) is 3.21. The number of aromatic nitrogens is 4. The highest BCUT2D eigenvalue weighted by Gasteiger charge is 2.04. The molecule has 5 nitrogen and oxygen atoms in total. The third kappa shape index (κ3) is 1.90. The summed E-state index contributed by atoms with van der Waals surface area (Å²) < 4.78 is 0. The van der Waals surface area contributed by atoms with Gasteiger partial charge < -0.3 is 0 Å². The van der Waals surface area contributed by atoms with Gasteiger partial charge in [-0.3, -0.25) is 9.78 Å². The van der Waals surface area contributed by atoms with E-state index in [-0.39, 0.29) is 5.78 Å². The molecule has 0 fully saturated rings. The first-order valence-electron chi connectivity index (χ1n) is 4.50. The van der Waals surface area contributed by atoms with Crippen LogP contribution < -0.4 is 0 Å². The summed E-state index contributed by atoms with van der Waals surface area (Å²) in [5.74, 6) is -0.0410. The van der Waals surface area contributed by atoms with E-state index in [1.807, 2.05) is 6.07 Å². The van der Waals surface area contributed by atoms with Gasteiger partial charge in [-0.1, -0.05) is 0 Å². The van der Waals surface area contributed by atoms with Gasteiger partial charge in [0, 0.05) is 25.7 Å². The highest BCUT2D eigenvalue weighted by atomic mass is 16.1. The third-order valence-electron chi connectivity index (χ3n) is 2.02. The van der Waals surface area contributed by atoms with Gasteiger partial charge in [0.15, 0.2) is 5.78 Å². The summed E-state index contributed by atoms with van der Waals surface area (Å²) in [4.78, 5) is 16.5. The molecule has 0 N–H and O–H groups in total. The summed E-state index contributed by atoms with van der Waals surface area (Å²) >= 11 is 0. The quantitative estimate of drug-likeness (QED) is 0.683. The molecule has 2 aromatic rings.